The summed E-state index contributed by atoms with van der Waals surface area (Å²) in [6.07, 6.45) is 16.5. The maximum Gasteiger partial charge on any atom is 0.0654 e. The van der Waals surface area contributed by atoms with Crippen molar-refractivity contribution >= 4 is 11.8 Å². The molecule has 1 heterocycles. The number of nitrogens with zero attached hydrogens (tertiary/aromatic N) is 1. The minimum Gasteiger partial charge on any atom is -0.392 e. The van der Waals surface area contributed by atoms with Crippen molar-refractivity contribution < 1.29 is 10.2 Å². The van der Waals surface area contributed by atoms with Crippen LogP contribution in [0.15, 0.2) is 23.8 Å². The molecule has 1 aliphatic heterocycles. The van der Waals surface area contributed by atoms with E-state index in [2.05, 4.69) is 41.8 Å². The number of hydrogen-bond donors (Lipinski definition) is 2. The fraction of sp³-hybridized carbons (Fsp3) is 0.840. The molecule has 2 aliphatic carbocycles. The Bertz CT molecular complexity index is 553. The molecule has 0 aromatic carbocycles. The van der Waals surface area contributed by atoms with Crippen molar-refractivity contribution in [3.8, 4) is 0 Å². The van der Waals surface area contributed by atoms with Gasteiger partial charge >= 0.3 is 0 Å². The summed E-state index contributed by atoms with van der Waals surface area (Å²) in [7, 11) is 0. The Morgan fingerprint density at radius 1 is 1.28 bits per heavy atom. The van der Waals surface area contributed by atoms with E-state index in [0.29, 0.717) is 18.3 Å². The predicted molar refractivity (Wildman–Crippen MR) is 125 cm³/mol. The molecule has 4 heteroatoms. The summed E-state index contributed by atoms with van der Waals surface area (Å²) in [6.45, 7) is 8.00. The van der Waals surface area contributed by atoms with Gasteiger partial charge in [-0.15, -0.1) is 0 Å². The largest absolute Gasteiger partial charge is 0.392 e. The first-order valence-corrected chi connectivity index (χ1v) is 13.2. The Kier molecular flexibility index (Phi) is 9.16. The molecule has 0 aromatic rings. The Morgan fingerprint density at radius 3 is 2.83 bits per heavy atom. The number of aliphatic hydroxyl groups excluding tert-OH is 1. The molecular weight excluding hydrogens is 378 g/mol. The first kappa shape index (κ1) is 23.4. The van der Waals surface area contributed by atoms with Crippen molar-refractivity contribution in [2.45, 2.75) is 83.3 Å². The Hall–Kier alpha value is -0.290. The number of rotatable bonds is 12. The molecule has 0 amide bonds. The van der Waals surface area contributed by atoms with Crippen molar-refractivity contribution in [3.05, 3.63) is 23.8 Å². The van der Waals surface area contributed by atoms with Crippen LogP contribution in [0.1, 0.15) is 71.6 Å². The van der Waals surface area contributed by atoms with E-state index in [1.54, 1.807) is 5.57 Å². The molecule has 0 unspecified atom stereocenters. The molecule has 0 radical (unpaired) electrons. The number of allylic oxidation sites excluding steroid dienone is 1. The van der Waals surface area contributed by atoms with E-state index >= 15 is 0 Å². The molecule has 0 bridgehead atoms. The summed E-state index contributed by atoms with van der Waals surface area (Å²) in [5, 5.41) is 21.0. The van der Waals surface area contributed by atoms with E-state index in [4.69, 9.17) is 0 Å². The SMILES string of the molecule is CCCC[C@](C)(O)CC=C[C@@H]1[C@H]2CC(CSCCCN3CCCC3)=C[C@H]2C[C@H]1O. The first-order chi connectivity index (χ1) is 14.0. The van der Waals surface area contributed by atoms with Gasteiger partial charge in [-0.2, -0.15) is 11.8 Å². The Balaban J connectivity index is 1.37. The standard InChI is InChI=1S/C25H43NO2S/c1-3-4-10-25(2,28)11-7-9-22-23-17-20(16-21(23)18-24(22)27)19-29-15-8-14-26-12-5-6-13-26/h7,9,16,21-24,27-28H,3-6,8,10-15,17-19H2,1-2H3/t21-,22+,23-,24+,25-/m0/s1. The molecule has 2 fully saturated rings. The lowest BCUT2D eigenvalue weighted by atomic mass is 9.88. The molecule has 1 saturated carbocycles. The second-order valence-electron chi connectivity index (χ2n) is 9.92. The summed E-state index contributed by atoms with van der Waals surface area (Å²) >= 11 is 2.09. The summed E-state index contributed by atoms with van der Waals surface area (Å²) in [4.78, 5) is 2.61. The van der Waals surface area contributed by atoms with Crippen LogP contribution in [-0.2, 0) is 0 Å². The maximum absolute atomic E-state index is 10.5. The third kappa shape index (κ3) is 7.12. The van der Waals surface area contributed by atoms with Gasteiger partial charge in [-0.25, -0.2) is 0 Å². The van der Waals surface area contributed by atoms with Crippen LogP contribution in [0.5, 0.6) is 0 Å². The van der Waals surface area contributed by atoms with Crippen LogP contribution >= 0.6 is 11.8 Å². The van der Waals surface area contributed by atoms with E-state index in [9.17, 15) is 10.2 Å². The van der Waals surface area contributed by atoms with E-state index in [-0.39, 0.29) is 12.0 Å². The van der Waals surface area contributed by atoms with Crippen LogP contribution in [-0.4, -0.2) is 58.0 Å². The first-order valence-electron chi connectivity index (χ1n) is 12.1. The number of likely N-dealkylation sites (tertiary alicyclic amines) is 1. The number of thioether (sulfide) groups is 1. The van der Waals surface area contributed by atoms with E-state index in [0.717, 1.165) is 32.1 Å². The smallest absolute Gasteiger partial charge is 0.0654 e. The maximum atomic E-state index is 10.5. The van der Waals surface area contributed by atoms with Crippen LogP contribution in [0.3, 0.4) is 0 Å². The van der Waals surface area contributed by atoms with Gasteiger partial charge in [-0.1, -0.05) is 43.6 Å². The summed E-state index contributed by atoms with van der Waals surface area (Å²) < 4.78 is 0. The van der Waals surface area contributed by atoms with Gasteiger partial charge in [0.05, 0.1) is 11.7 Å². The van der Waals surface area contributed by atoms with Gasteiger partial charge in [0, 0.05) is 11.7 Å². The van der Waals surface area contributed by atoms with Crippen LogP contribution in [0, 0.1) is 17.8 Å². The number of aliphatic hydroxyl groups is 2. The molecule has 29 heavy (non-hydrogen) atoms. The molecule has 3 aliphatic rings. The van der Waals surface area contributed by atoms with Gasteiger partial charge in [0.15, 0.2) is 0 Å². The highest BCUT2D eigenvalue weighted by Crippen LogP contribution is 2.47. The van der Waals surface area contributed by atoms with Gasteiger partial charge in [0.25, 0.3) is 0 Å². The Labute approximate surface area is 183 Å². The highest BCUT2D eigenvalue weighted by atomic mass is 32.2. The minimum atomic E-state index is -0.611. The van der Waals surface area contributed by atoms with Gasteiger partial charge in [0.2, 0.25) is 0 Å². The molecule has 3 rings (SSSR count). The molecule has 5 atom stereocenters. The Morgan fingerprint density at radius 2 is 2.07 bits per heavy atom. The summed E-state index contributed by atoms with van der Waals surface area (Å²) in [5.41, 5.74) is 0.992. The fourth-order valence-corrected chi connectivity index (χ4v) is 6.40. The second-order valence-corrected chi connectivity index (χ2v) is 11.0. The minimum absolute atomic E-state index is 0.215. The average molecular weight is 422 g/mol. The normalized spacial score (nSPS) is 32.1. The van der Waals surface area contributed by atoms with Crippen LogP contribution in [0.2, 0.25) is 0 Å². The van der Waals surface area contributed by atoms with Crippen molar-refractivity contribution in [2.75, 3.05) is 31.1 Å². The van der Waals surface area contributed by atoms with Crippen molar-refractivity contribution in [1.29, 1.82) is 0 Å². The molecular formula is C25H43NO2S. The quantitative estimate of drug-likeness (QED) is 0.342. The zero-order chi connectivity index (χ0) is 20.7. The van der Waals surface area contributed by atoms with E-state index in [1.807, 2.05) is 6.92 Å². The van der Waals surface area contributed by atoms with E-state index in [1.165, 1.54) is 50.4 Å². The van der Waals surface area contributed by atoms with Crippen molar-refractivity contribution in [1.82, 2.24) is 4.90 Å². The molecule has 1 saturated heterocycles. The van der Waals surface area contributed by atoms with Crippen LogP contribution in [0.4, 0.5) is 0 Å². The molecule has 3 nitrogen and oxygen atoms in total. The van der Waals surface area contributed by atoms with Gasteiger partial charge in [0.1, 0.15) is 0 Å². The van der Waals surface area contributed by atoms with Crippen molar-refractivity contribution in [3.63, 3.8) is 0 Å². The van der Waals surface area contributed by atoms with Crippen LogP contribution in [0.25, 0.3) is 0 Å². The second kappa shape index (κ2) is 11.4. The third-order valence-electron chi connectivity index (χ3n) is 7.18. The summed E-state index contributed by atoms with van der Waals surface area (Å²) in [6, 6.07) is 0. The van der Waals surface area contributed by atoms with Gasteiger partial charge in [-0.05, 0) is 89.1 Å². The third-order valence-corrected chi connectivity index (χ3v) is 8.34. The van der Waals surface area contributed by atoms with Crippen LogP contribution < -0.4 is 0 Å². The fourth-order valence-electron chi connectivity index (χ4n) is 5.45. The van der Waals surface area contributed by atoms with E-state index < -0.39 is 5.60 Å². The lowest BCUT2D eigenvalue weighted by Gasteiger charge is -2.22. The van der Waals surface area contributed by atoms with Gasteiger partial charge < -0.3 is 15.1 Å². The molecule has 0 spiro atoms. The van der Waals surface area contributed by atoms with Gasteiger partial charge in [-0.3, -0.25) is 0 Å². The summed E-state index contributed by atoms with van der Waals surface area (Å²) in [5.74, 6) is 3.83. The zero-order valence-electron chi connectivity index (χ0n) is 18.7. The van der Waals surface area contributed by atoms with Crippen molar-refractivity contribution in [2.24, 2.45) is 17.8 Å². The highest BCUT2D eigenvalue weighted by molar-refractivity contribution is 7.99. The monoisotopic (exact) mass is 421 g/mol. The number of hydrogen-bond acceptors (Lipinski definition) is 4. The highest BCUT2D eigenvalue weighted by Gasteiger charge is 2.43. The molecule has 166 valence electrons. The molecule has 0 aromatic heterocycles. The lowest BCUT2D eigenvalue weighted by Crippen LogP contribution is -2.23. The average Bonchev–Trinajstić information content (AvgIpc) is 3.38. The topological polar surface area (TPSA) is 43.7 Å². The zero-order valence-corrected chi connectivity index (χ0v) is 19.5. The number of unbranched alkanes of at least 4 members (excludes halogenated alkanes) is 1. The lowest BCUT2D eigenvalue weighted by molar-refractivity contribution is 0.0513. The number of fused-ring (bicyclic) bond motifs is 1. The molecule has 2 N–H and O–H groups in total. The predicted octanol–water partition coefficient (Wildman–Crippen LogP) is 5.04.